The molecule has 0 unspecified atom stereocenters. The van der Waals surface area contributed by atoms with E-state index in [0.717, 1.165) is 22.6 Å². The zero-order chi connectivity index (χ0) is 17.2. The summed E-state index contributed by atoms with van der Waals surface area (Å²) in [7, 11) is 0. The fraction of sp³-hybridized carbons (Fsp3) is 0.421. The van der Waals surface area contributed by atoms with E-state index in [2.05, 4.69) is 21.5 Å². The maximum atomic E-state index is 11.2. The van der Waals surface area contributed by atoms with Crippen molar-refractivity contribution in [1.29, 1.82) is 0 Å². The average Bonchev–Trinajstić information content (AvgIpc) is 3.03. The molecule has 1 aliphatic rings. The second-order valence-corrected chi connectivity index (χ2v) is 6.88. The number of nitrogens with zero attached hydrogens (tertiary/aromatic N) is 3. The van der Waals surface area contributed by atoms with Crippen molar-refractivity contribution in [3.8, 4) is 0 Å². The quantitative estimate of drug-likeness (QED) is 0.765. The predicted octanol–water partition coefficient (Wildman–Crippen LogP) is 3.39. The van der Waals surface area contributed by atoms with Gasteiger partial charge in [0.1, 0.15) is 5.82 Å². The minimum atomic E-state index is -0.0858. The van der Waals surface area contributed by atoms with E-state index in [4.69, 9.17) is 4.98 Å². The highest BCUT2D eigenvalue weighted by atomic mass is 16.1. The Morgan fingerprint density at radius 2 is 2.12 bits per heavy atom. The van der Waals surface area contributed by atoms with E-state index in [0.29, 0.717) is 12.5 Å². The van der Waals surface area contributed by atoms with Gasteiger partial charge in [-0.3, -0.25) is 4.79 Å². The molecule has 0 amide bonds. The highest BCUT2D eigenvalue weighted by Gasteiger charge is 2.19. The average molecular weight is 337 g/mol. The summed E-state index contributed by atoms with van der Waals surface area (Å²) in [5, 5.41) is 7.92. The summed E-state index contributed by atoms with van der Waals surface area (Å²) >= 11 is 0. The van der Waals surface area contributed by atoms with Crippen molar-refractivity contribution >= 4 is 11.5 Å². The Hall–Kier alpha value is -2.63. The number of hydrogen-bond donors (Lipinski definition) is 2. The first-order chi connectivity index (χ1) is 12.2. The van der Waals surface area contributed by atoms with Crippen LogP contribution in [-0.4, -0.2) is 19.6 Å². The van der Waals surface area contributed by atoms with Crippen LogP contribution in [0.5, 0.6) is 0 Å². The first-order valence-corrected chi connectivity index (χ1v) is 8.97. The van der Waals surface area contributed by atoms with Gasteiger partial charge in [-0.2, -0.15) is 9.61 Å². The molecule has 6 nitrogen and oxygen atoms in total. The number of pyridine rings is 1. The van der Waals surface area contributed by atoms with E-state index in [1.807, 2.05) is 23.7 Å². The first kappa shape index (κ1) is 15.9. The van der Waals surface area contributed by atoms with Crippen LogP contribution in [0.2, 0.25) is 0 Å². The van der Waals surface area contributed by atoms with Crippen LogP contribution in [0, 0.1) is 6.92 Å². The van der Waals surface area contributed by atoms with Crippen LogP contribution < -0.4 is 10.9 Å². The van der Waals surface area contributed by atoms with Gasteiger partial charge in [0.15, 0.2) is 5.65 Å². The molecule has 3 heterocycles. The highest BCUT2D eigenvalue weighted by molar-refractivity contribution is 5.54. The van der Waals surface area contributed by atoms with E-state index < -0.39 is 0 Å². The van der Waals surface area contributed by atoms with Crippen molar-refractivity contribution in [2.24, 2.45) is 0 Å². The van der Waals surface area contributed by atoms with Gasteiger partial charge in [0.25, 0.3) is 0 Å². The molecule has 0 bridgehead atoms. The lowest BCUT2D eigenvalue weighted by Crippen LogP contribution is -2.12. The van der Waals surface area contributed by atoms with Gasteiger partial charge in [0.2, 0.25) is 5.56 Å². The van der Waals surface area contributed by atoms with Gasteiger partial charge in [-0.15, -0.1) is 0 Å². The van der Waals surface area contributed by atoms with E-state index in [1.54, 1.807) is 12.3 Å². The summed E-state index contributed by atoms with van der Waals surface area (Å²) in [6, 6.07) is 5.52. The Morgan fingerprint density at radius 3 is 2.88 bits per heavy atom. The monoisotopic (exact) mass is 337 g/mol. The van der Waals surface area contributed by atoms with Gasteiger partial charge in [-0.25, -0.2) is 4.98 Å². The Kier molecular flexibility index (Phi) is 4.26. The summed E-state index contributed by atoms with van der Waals surface area (Å²) in [6.45, 7) is 2.67. The normalized spacial score (nSPS) is 15.6. The number of hydrogen-bond acceptors (Lipinski definition) is 4. The molecule has 0 atom stereocenters. The number of fused-ring (bicyclic) bond motifs is 1. The minimum absolute atomic E-state index is 0.0858. The lowest BCUT2D eigenvalue weighted by Gasteiger charge is -2.22. The molecule has 4 rings (SSSR count). The maximum absolute atomic E-state index is 11.2. The lowest BCUT2D eigenvalue weighted by molar-refractivity contribution is 0.437. The van der Waals surface area contributed by atoms with Crippen LogP contribution in [-0.2, 0) is 6.54 Å². The summed E-state index contributed by atoms with van der Waals surface area (Å²) in [6.07, 6.45) is 9.95. The molecule has 25 heavy (non-hydrogen) atoms. The van der Waals surface area contributed by atoms with E-state index in [1.165, 1.54) is 37.8 Å². The number of nitrogens with one attached hydrogen (secondary N) is 2. The smallest absolute Gasteiger partial charge is 0.247 e. The van der Waals surface area contributed by atoms with Crippen LogP contribution >= 0.6 is 0 Å². The summed E-state index contributed by atoms with van der Waals surface area (Å²) in [4.78, 5) is 18.8. The molecule has 3 aromatic heterocycles. The number of rotatable bonds is 4. The van der Waals surface area contributed by atoms with Crippen molar-refractivity contribution in [2.75, 3.05) is 5.32 Å². The SMILES string of the molecule is Cc1cnn2c(NCc3ccc(=O)[nH]c3)cc(C3CCCCC3)nc12. The molecule has 0 radical (unpaired) electrons. The molecule has 1 aliphatic carbocycles. The predicted molar refractivity (Wildman–Crippen MR) is 97.9 cm³/mol. The first-order valence-electron chi connectivity index (χ1n) is 8.97. The zero-order valence-corrected chi connectivity index (χ0v) is 14.5. The molecular weight excluding hydrogens is 314 g/mol. The molecule has 0 aliphatic heterocycles. The van der Waals surface area contributed by atoms with Gasteiger partial charge in [-0.1, -0.05) is 25.3 Å². The van der Waals surface area contributed by atoms with E-state index >= 15 is 0 Å². The van der Waals surface area contributed by atoms with Gasteiger partial charge in [0.05, 0.1) is 6.20 Å². The second kappa shape index (κ2) is 6.70. The Balaban J connectivity index is 1.66. The number of aromatic amines is 1. The van der Waals surface area contributed by atoms with Crippen LogP contribution in [0.3, 0.4) is 0 Å². The molecule has 0 spiro atoms. The molecule has 3 aromatic rings. The van der Waals surface area contributed by atoms with Crippen molar-refractivity contribution in [3.05, 3.63) is 57.8 Å². The third kappa shape index (κ3) is 3.29. The summed E-state index contributed by atoms with van der Waals surface area (Å²) in [5.41, 5.74) is 4.11. The van der Waals surface area contributed by atoms with Crippen molar-refractivity contribution < 1.29 is 0 Å². The van der Waals surface area contributed by atoms with Gasteiger partial charge >= 0.3 is 0 Å². The van der Waals surface area contributed by atoms with Crippen molar-refractivity contribution in [1.82, 2.24) is 19.6 Å². The van der Waals surface area contributed by atoms with Crippen LogP contribution in [0.4, 0.5) is 5.82 Å². The summed E-state index contributed by atoms with van der Waals surface area (Å²) < 4.78 is 1.87. The number of aryl methyl sites for hydroxylation is 1. The molecule has 130 valence electrons. The second-order valence-electron chi connectivity index (χ2n) is 6.88. The molecular formula is C19H23N5O. The van der Waals surface area contributed by atoms with Crippen LogP contribution in [0.15, 0.2) is 35.4 Å². The molecule has 6 heteroatoms. The molecule has 0 saturated heterocycles. The van der Waals surface area contributed by atoms with Gasteiger partial charge in [0, 0.05) is 42.0 Å². The van der Waals surface area contributed by atoms with Crippen LogP contribution in [0.25, 0.3) is 5.65 Å². The fourth-order valence-corrected chi connectivity index (χ4v) is 3.57. The molecule has 1 fully saturated rings. The van der Waals surface area contributed by atoms with E-state index in [9.17, 15) is 4.79 Å². The third-order valence-electron chi connectivity index (χ3n) is 5.01. The summed E-state index contributed by atoms with van der Waals surface area (Å²) in [5.74, 6) is 1.49. The number of H-pyrrole nitrogens is 1. The molecule has 2 N–H and O–H groups in total. The number of anilines is 1. The zero-order valence-electron chi connectivity index (χ0n) is 14.5. The van der Waals surface area contributed by atoms with Gasteiger partial charge in [-0.05, 0) is 25.3 Å². The highest BCUT2D eigenvalue weighted by Crippen LogP contribution is 2.33. The Morgan fingerprint density at radius 1 is 1.28 bits per heavy atom. The Labute approximate surface area is 146 Å². The lowest BCUT2D eigenvalue weighted by atomic mass is 9.87. The van der Waals surface area contributed by atoms with Crippen molar-refractivity contribution in [2.45, 2.75) is 51.5 Å². The minimum Gasteiger partial charge on any atom is -0.366 e. The fourth-order valence-electron chi connectivity index (χ4n) is 3.57. The Bertz CT molecular complexity index is 916. The van der Waals surface area contributed by atoms with E-state index in [-0.39, 0.29) is 5.56 Å². The van der Waals surface area contributed by atoms with Crippen LogP contribution in [0.1, 0.15) is 54.8 Å². The van der Waals surface area contributed by atoms with Crippen molar-refractivity contribution in [3.63, 3.8) is 0 Å². The van der Waals surface area contributed by atoms with Gasteiger partial charge < -0.3 is 10.3 Å². The molecule has 1 saturated carbocycles. The largest absolute Gasteiger partial charge is 0.366 e. The topological polar surface area (TPSA) is 75.1 Å². The third-order valence-corrected chi connectivity index (χ3v) is 5.01. The standard InChI is InChI=1S/C19H23N5O/c1-13-10-22-24-17(20-11-14-7-8-18(25)21-12-14)9-16(23-19(13)24)15-5-3-2-4-6-15/h7-10,12,15,20H,2-6,11H2,1H3,(H,21,25). The molecule has 0 aromatic carbocycles. The number of aromatic nitrogens is 4. The maximum Gasteiger partial charge on any atom is 0.247 e.